The first-order chi connectivity index (χ1) is 22.2. The van der Waals surface area contributed by atoms with Crippen molar-refractivity contribution in [3.05, 3.63) is 71.0 Å². The maximum absolute atomic E-state index is 6.95. The van der Waals surface area contributed by atoms with Crippen molar-refractivity contribution >= 4 is 60.0 Å². The van der Waals surface area contributed by atoms with Gasteiger partial charge >= 0.3 is 0 Å². The van der Waals surface area contributed by atoms with Crippen molar-refractivity contribution in [2.75, 3.05) is 0 Å². The summed E-state index contributed by atoms with van der Waals surface area (Å²) in [7, 11) is 0. The largest absolute Gasteiger partial charge is 0.455 e. The number of benzene rings is 3. The Morgan fingerprint density at radius 1 is 0.667 bits per heavy atom. The highest BCUT2D eigenvalue weighted by atomic mass is 16.3. The van der Waals surface area contributed by atoms with Crippen molar-refractivity contribution in [3.8, 4) is 0 Å². The molecule has 5 saturated carbocycles. The Bertz CT molecular complexity index is 2520. The third-order valence-corrected chi connectivity index (χ3v) is 15.6. The number of pyridine rings is 1. The predicted molar refractivity (Wildman–Crippen MR) is 180 cm³/mol. The molecular weight excluding hydrogens is 548 g/mol. The summed E-state index contributed by atoms with van der Waals surface area (Å²) >= 11 is 0. The molecule has 45 heavy (non-hydrogen) atoms. The topological polar surface area (TPSA) is 30.4 Å². The van der Waals surface area contributed by atoms with E-state index in [1.807, 2.05) is 0 Å². The van der Waals surface area contributed by atoms with E-state index in [1.54, 1.807) is 22.1 Å². The van der Waals surface area contributed by atoms with Gasteiger partial charge < -0.3 is 8.82 Å². The second kappa shape index (κ2) is 7.04. The van der Waals surface area contributed by atoms with Crippen LogP contribution in [0.3, 0.4) is 0 Å². The molecule has 8 aliphatic carbocycles. The highest BCUT2D eigenvalue weighted by molar-refractivity contribution is 6.33. The summed E-state index contributed by atoms with van der Waals surface area (Å²) < 4.78 is 9.61. The maximum atomic E-state index is 6.95. The quantitative estimate of drug-likeness (QED) is 0.177. The molecule has 8 aliphatic rings. The van der Waals surface area contributed by atoms with Gasteiger partial charge in [-0.1, -0.05) is 24.3 Å². The standard InChI is InChI=1S/C42H36N2O/c1-2-4-33-28(3-1)29-15-30-36-31(6-5-27-21-8-19-7-20(9-21)11-22(10-19)34(27)36)44-32-18-43-39-24-13-26-14-25-12-23(16-42(25,26)17-24)35(39)37(32)38(40(30)44)41(29)45-33/h1-6,15,18-26H,7-14,16-17H2. The molecule has 7 aromatic rings. The molecule has 220 valence electrons. The van der Waals surface area contributed by atoms with Crippen LogP contribution in [0.15, 0.2) is 53.1 Å². The fourth-order valence-electron chi connectivity index (χ4n) is 14.4. The normalized spacial score (nSPS) is 37.0. The van der Waals surface area contributed by atoms with Crippen LogP contribution in [0.5, 0.6) is 0 Å². The van der Waals surface area contributed by atoms with Gasteiger partial charge in [-0.15, -0.1) is 0 Å². The number of rotatable bonds is 0. The van der Waals surface area contributed by atoms with Crippen LogP contribution in [-0.2, 0) is 0 Å². The molecule has 3 aromatic carbocycles. The molecule has 0 radical (unpaired) electrons. The summed E-state index contributed by atoms with van der Waals surface area (Å²) in [6.07, 6.45) is 16.4. The highest BCUT2D eigenvalue weighted by Gasteiger charge is 2.66. The van der Waals surface area contributed by atoms with E-state index in [9.17, 15) is 0 Å². The van der Waals surface area contributed by atoms with E-state index in [0.29, 0.717) is 23.2 Å². The average molecular weight is 585 g/mol. The molecule has 3 nitrogen and oxygen atoms in total. The fraction of sp³-hybridized carbons (Fsp3) is 0.452. The molecule has 0 saturated heterocycles. The van der Waals surface area contributed by atoms with Crippen LogP contribution in [0, 0.1) is 29.1 Å². The number of hydrogen-bond acceptors (Lipinski definition) is 2. The zero-order valence-electron chi connectivity index (χ0n) is 25.6. The van der Waals surface area contributed by atoms with Crippen LogP contribution >= 0.6 is 0 Å². The van der Waals surface area contributed by atoms with Crippen molar-refractivity contribution in [1.29, 1.82) is 0 Å². The Labute approximate surface area is 261 Å². The van der Waals surface area contributed by atoms with E-state index in [-0.39, 0.29) is 0 Å². The van der Waals surface area contributed by atoms with Crippen molar-refractivity contribution in [2.24, 2.45) is 29.1 Å². The number of aromatic nitrogens is 2. The van der Waals surface area contributed by atoms with Crippen LogP contribution < -0.4 is 0 Å². The van der Waals surface area contributed by atoms with Gasteiger partial charge in [0, 0.05) is 38.5 Å². The predicted octanol–water partition coefficient (Wildman–Crippen LogP) is 10.9. The lowest BCUT2D eigenvalue weighted by atomic mass is 9.56. The SMILES string of the molecule is c1ccc2c(c1)oc1c2cc2c3c4c(ccc3n3c5cnc6c(c5c1c23)C1CC2CC3CC6CC32C1)C1CC2CC(C1)CC4C2. The summed E-state index contributed by atoms with van der Waals surface area (Å²) in [6.45, 7) is 0. The molecule has 3 heteroatoms. The lowest BCUT2D eigenvalue weighted by Crippen LogP contribution is -2.41. The molecule has 7 bridgehead atoms. The molecule has 0 aliphatic heterocycles. The highest BCUT2D eigenvalue weighted by Crippen LogP contribution is 2.76. The molecule has 5 fully saturated rings. The number of fused-ring (bicyclic) bond motifs is 16. The lowest BCUT2D eigenvalue weighted by molar-refractivity contribution is 0.00321. The lowest BCUT2D eigenvalue weighted by Gasteiger charge is -2.48. The molecule has 4 aromatic heterocycles. The minimum Gasteiger partial charge on any atom is -0.455 e. The maximum Gasteiger partial charge on any atom is 0.145 e. The molecule has 1 spiro atoms. The van der Waals surface area contributed by atoms with E-state index >= 15 is 0 Å². The van der Waals surface area contributed by atoms with Gasteiger partial charge in [-0.25, -0.2) is 0 Å². The van der Waals surface area contributed by atoms with Crippen LogP contribution in [0.1, 0.15) is 110 Å². The second-order valence-corrected chi connectivity index (χ2v) is 17.2. The van der Waals surface area contributed by atoms with Crippen molar-refractivity contribution in [2.45, 2.75) is 87.9 Å². The molecule has 7 unspecified atom stereocenters. The summed E-state index contributed by atoms with van der Waals surface area (Å²) in [5.74, 6) is 6.52. The number of furan rings is 1. The molecule has 0 N–H and O–H groups in total. The number of para-hydroxylation sites is 1. The molecular formula is C42H36N2O. The summed E-state index contributed by atoms with van der Waals surface area (Å²) in [4.78, 5) is 5.50. The summed E-state index contributed by atoms with van der Waals surface area (Å²) in [5.41, 5.74) is 13.4. The minimum atomic E-state index is 0.625. The summed E-state index contributed by atoms with van der Waals surface area (Å²) in [5, 5.41) is 8.50. The van der Waals surface area contributed by atoms with Crippen LogP contribution in [-0.4, -0.2) is 9.38 Å². The van der Waals surface area contributed by atoms with Gasteiger partial charge in [-0.2, -0.15) is 0 Å². The van der Waals surface area contributed by atoms with Crippen molar-refractivity contribution in [3.63, 3.8) is 0 Å². The summed E-state index contributed by atoms with van der Waals surface area (Å²) in [6, 6.07) is 16.4. The van der Waals surface area contributed by atoms with Crippen LogP contribution in [0.2, 0.25) is 0 Å². The first kappa shape index (κ1) is 22.8. The van der Waals surface area contributed by atoms with Crippen molar-refractivity contribution in [1.82, 2.24) is 9.38 Å². The fourth-order valence-corrected chi connectivity index (χ4v) is 14.4. The zero-order valence-corrected chi connectivity index (χ0v) is 25.6. The second-order valence-electron chi connectivity index (χ2n) is 17.2. The Morgan fingerprint density at radius 2 is 1.49 bits per heavy atom. The van der Waals surface area contributed by atoms with Crippen LogP contribution in [0.25, 0.3) is 60.0 Å². The van der Waals surface area contributed by atoms with Gasteiger partial charge in [0.05, 0.1) is 28.1 Å². The van der Waals surface area contributed by atoms with Gasteiger partial charge in [0.25, 0.3) is 0 Å². The van der Waals surface area contributed by atoms with E-state index in [4.69, 9.17) is 9.40 Å². The van der Waals surface area contributed by atoms with E-state index in [2.05, 4.69) is 53.1 Å². The molecule has 7 atom stereocenters. The molecule has 15 rings (SSSR count). The smallest absolute Gasteiger partial charge is 0.145 e. The van der Waals surface area contributed by atoms with Crippen molar-refractivity contribution < 1.29 is 4.42 Å². The van der Waals surface area contributed by atoms with Gasteiger partial charge in [-0.3, -0.25) is 4.98 Å². The third kappa shape index (κ3) is 2.35. The molecule has 0 amide bonds. The first-order valence-electron chi connectivity index (χ1n) is 18.2. The van der Waals surface area contributed by atoms with Gasteiger partial charge in [0.2, 0.25) is 0 Å². The Balaban J connectivity index is 1.21. The Morgan fingerprint density at radius 3 is 2.40 bits per heavy atom. The monoisotopic (exact) mass is 584 g/mol. The van der Waals surface area contributed by atoms with E-state index < -0.39 is 0 Å². The van der Waals surface area contributed by atoms with Gasteiger partial charge in [-0.05, 0) is 146 Å². The average Bonchev–Trinajstić information content (AvgIpc) is 3.78. The van der Waals surface area contributed by atoms with E-state index in [1.165, 1.54) is 113 Å². The third-order valence-electron chi connectivity index (χ3n) is 15.6. The van der Waals surface area contributed by atoms with Gasteiger partial charge in [0.15, 0.2) is 0 Å². The minimum absolute atomic E-state index is 0.625. The zero-order chi connectivity index (χ0) is 28.5. The molecule has 4 heterocycles. The Kier molecular flexibility index (Phi) is 3.57. The number of hydrogen-bond donors (Lipinski definition) is 0. The van der Waals surface area contributed by atoms with E-state index in [0.717, 1.165) is 40.8 Å². The number of nitrogens with zero attached hydrogens (tertiary/aromatic N) is 2. The van der Waals surface area contributed by atoms with Crippen LogP contribution in [0.4, 0.5) is 0 Å². The van der Waals surface area contributed by atoms with Gasteiger partial charge in [0.1, 0.15) is 11.2 Å². The first-order valence-corrected chi connectivity index (χ1v) is 18.2. The Hall–Kier alpha value is -3.59.